The second-order valence-electron chi connectivity index (χ2n) is 3.98. The first-order valence-electron chi connectivity index (χ1n) is 5.71. The topological polar surface area (TPSA) is 12.0 Å². The third-order valence-corrected chi connectivity index (χ3v) is 3.53. The van der Waals surface area contributed by atoms with E-state index >= 15 is 0 Å². The summed E-state index contributed by atoms with van der Waals surface area (Å²) >= 11 is 1.78. The van der Waals surface area contributed by atoms with Gasteiger partial charge in [-0.05, 0) is 48.1 Å². The summed E-state index contributed by atoms with van der Waals surface area (Å²) in [6.07, 6.45) is 3.09. The molecule has 88 valence electrons. The summed E-state index contributed by atoms with van der Waals surface area (Å²) in [5, 5.41) is 3.17. The van der Waals surface area contributed by atoms with Crippen molar-refractivity contribution >= 4 is 17.4 Å². The Morgan fingerprint density at radius 2 is 1.76 bits per heavy atom. The molecular weight excluding hydrogens is 226 g/mol. The van der Waals surface area contributed by atoms with Crippen LogP contribution in [0.5, 0.6) is 0 Å². The number of nitrogens with one attached hydrogen (secondary N) is 1. The van der Waals surface area contributed by atoms with Crippen LogP contribution in [-0.2, 0) is 6.42 Å². The van der Waals surface area contributed by atoms with Gasteiger partial charge in [0.05, 0.1) is 0 Å². The van der Waals surface area contributed by atoms with E-state index in [2.05, 4.69) is 60.1 Å². The maximum absolute atomic E-state index is 3.17. The molecule has 0 spiro atoms. The quantitative estimate of drug-likeness (QED) is 0.813. The van der Waals surface area contributed by atoms with Gasteiger partial charge in [-0.3, -0.25) is 0 Å². The molecule has 2 aromatic carbocycles. The summed E-state index contributed by atoms with van der Waals surface area (Å²) in [6.45, 7) is 0. The standard InChI is InChI=1S/C15H17NS/c1-16-14-5-3-4-13(11-14)10-12-6-8-15(17-2)9-7-12/h3-9,11,16H,10H2,1-2H3. The Bertz CT molecular complexity index is 477. The van der Waals surface area contributed by atoms with E-state index in [4.69, 9.17) is 0 Å². The van der Waals surface area contributed by atoms with Crippen LogP contribution in [-0.4, -0.2) is 13.3 Å². The van der Waals surface area contributed by atoms with Gasteiger partial charge in [0.2, 0.25) is 0 Å². The van der Waals surface area contributed by atoms with Crippen molar-refractivity contribution in [2.24, 2.45) is 0 Å². The molecule has 1 nitrogen and oxygen atoms in total. The first-order valence-corrected chi connectivity index (χ1v) is 6.94. The molecule has 0 aliphatic carbocycles. The minimum atomic E-state index is 0.990. The molecule has 0 aromatic heterocycles. The van der Waals surface area contributed by atoms with Crippen molar-refractivity contribution in [2.45, 2.75) is 11.3 Å². The average Bonchev–Trinajstić information content (AvgIpc) is 2.40. The molecule has 0 unspecified atom stereocenters. The highest BCUT2D eigenvalue weighted by Crippen LogP contribution is 2.18. The molecule has 0 aliphatic heterocycles. The van der Waals surface area contributed by atoms with E-state index in [1.54, 1.807) is 11.8 Å². The molecule has 0 heterocycles. The normalized spacial score (nSPS) is 10.2. The molecule has 2 aromatic rings. The summed E-state index contributed by atoms with van der Waals surface area (Å²) < 4.78 is 0. The summed E-state index contributed by atoms with van der Waals surface area (Å²) in [5.41, 5.74) is 3.87. The van der Waals surface area contributed by atoms with Gasteiger partial charge in [0.25, 0.3) is 0 Å². The lowest BCUT2D eigenvalue weighted by Gasteiger charge is -2.05. The fourth-order valence-corrected chi connectivity index (χ4v) is 2.22. The average molecular weight is 243 g/mol. The molecule has 1 N–H and O–H groups in total. The van der Waals surface area contributed by atoms with Crippen molar-refractivity contribution in [3.63, 3.8) is 0 Å². The second-order valence-corrected chi connectivity index (χ2v) is 4.85. The van der Waals surface area contributed by atoms with Crippen LogP contribution >= 0.6 is 11.8 Å². The molecule has 0 bridgehead atoms. The molecule has 2 rings (SSSR count). The summed E-state index contributed by atoms with van der Waals surface area (Å²) in [7, 11) is 1.95. The van der Waals surface area contributed by atoms with Gasteiger partial charge in [0.15, 0.2) is 0 Å². The Labute approximate surface area is 107 Å². The van der Waals surface area contributed by atoms with E-state index in [0.717, 1.165) is 6.42 Å². The van der Waals surface area contributed by atoms with E-state index in [-0.39, 0.29) is 0 Å². The Balaban J connectivity index is 2.13. The molecule has 0 aliphatic rings. The lowest BCUT2D eigenvalue weighted by Crippen LogP contribution is -1.91. The van der Waals surface area contributed by atoms with Crippen LogP contribution in [0.2, 0.25) is 0 Å². The van der Waals surface area contributed by atoms with Crippen molar-refractivity contribution in [3.05, 3.63) is 59.7 Å². The van der Waals surface area contributed by atoms with Gasteiger partial charge in [-0.15, -0.1) is 11.8 Å². The predicted molar refractivity (Wildman–Crippen MR) is 77.0 cm³/mol. The third-order valence-electron chi connectivity index (χ3n) is 2.78. The van der Waals surface area contributed by atoms with Gasteiger partial charge in [-0.1, -0.05) is 24.3 Å². The predicted octanol–water partition coefficient (Wildman–Crippen LogP) is 4.04. The van der Waals surface area contributed by atoms with Gasteiger partial charge in [0.1, 0.15) is 0 Å². The van der Waals surface area contributed by atoms with E-state index in [1.807, 2.05) is 7.05 Å². The van der Waals surface area contributed by atoms with Gasteiger partial charge in [-0.2, -0.15) is 0 Å². The fourth-order valence-electron chi connectivity index (χ4n) is 1.82. The maximum Gasteiger partial charge on any atom is 0.0340 e. The third kappa shape index (κ3) is 3.27. The van der Waals surface area contributed by atoms with E-state index in [9.17, 15) is 0 Å². The lowest BCUT2D eigenvalue weighted by molar-refractivity contribution is 1.18. The summed E-state index contributed by atoms with van der Waals surface area (Å²) in [5.74, 6) is 0. The van der Waals surface area contributed by atoms with Crippen molar-refractivity contribution in [3.8, 4) is 0 Å². The molecule has 17 heavy (non-hydrogen) atoms. The van der Waals surface area contributed by atoms with Crippen LogP contribution in [0.4, 0.5) is 5.69 Å². The molecule has 0 atom stereocenters. The van der Waals surface area contributed by atoms with E-state index in [0.29, 0.717) is 0 Å². The van der Waals surface area contributed by atoms with Gasteiger partial charge < -0.3 is 5.32 Å². The van der Waals surface area contributed by atoms with Crippen LogP contribution in [0.25, 0.3) is 0 Å². The Morgan fingerprint density at radius 3 is 2.41 bits per heavy atom. The number of hydrogen-bond acceptors (Lipinski definition) is 2. The zero-order valence-electron chi connectivity index (χ0n) is 10.2. The fraction of sp³-hybridized carbons (Fsp3) is 0.200. The molecule has 0 saturated carbocycles. The smallest absolute Gasteiger partial charge is 0.0340 e. The van der Waals surface area contributed by atoms with Gasteiger partial charge in [-0.25, -0.2) is 0 Å². The number of benzene rings is 2. The Kier molecular flexibility index (Phi) is 4.10. The molecule has 0 fully saturated rings. The number of rotatable bonds is 4. The first-order chi connectivity index (χ1) is 8.31. The van der Waals surface area contributed by atoms with Crippen LogP contribution in [0, 0.1) is 0 Å². The Morgan fingerprint density at radius 1 is 1.00 bits per heavy atom. The summed E-state index contributed by atoms with van der Waals surface area (Å²) in [4.78, 5) is 1.32. The maximum atomic E-state index is 3.17. The number of hydrogen-bond donors (Lipinski definition) is 1. The molecule has 0 amide bonds. The van der Waals surface area contributed by atoms with Gasteiger partial charge in [0, 0.05) is 17.6 Å². The lowest BCUT2D eigenvalue weighted by atomic mass is 10.0. The first kappa shape index (κ1) is 12.1. The van der Waals surface area contributed by atoms with E-state index in [1.165, 1.54) is 21.7 Å². The molecule has 0 saturated heterocycles. The van der Waals surface area contributed by atoms with Crippen molar-refractivity contribution < 1.29 is 0 Å². The summed E-state index contributed by atoms with van der Waals surface area (Å²) in [6, 6.07) is 17.3. The van der Waals surface area contributed by atoms with Crippen LogP contribution in [0.15, 0.2) is 53.4 Å². The number of anilines is 1. The van der Waals surface area contributed by atoms with Crippen LogP contribution < -0.4 is 5.32 Å². The zero-order chi connectivity index (χ0) is 12.1. The second kappa shape index (κ2) is 5.78. The molecule has 2 heteroatoms. The van der Waals surface area contributed by atoms with Crippen molar-refractivity contribution in [1.82, 2.24) is 0 Å². The minimum Gasteiger partial charge on any atom is -0.388 e. The Hall–Kier alpha value is -1.41. The van der Waals surface area contributed by atoms with Crippen molar-refractivity contribution in [1.29, 1.82) is 0 Å². The highest BCUT2D eigenvalue weighted by molar-refractivity contribution is 7.98. The SMILES string of the molecule is CNc1cccc(Cc2ccc(SC)cc2)c1. The van der Waals surface area contributed by atoms with Crippen molar-refractivity contribution in [2.75, 3.05) is 18.6 Å². The molecular formula is C15H17NS. The van der Waals surface area contributed by atoms with Crippen LogP contribution in [0.3, 0.4) is 0 Å². The zero-order valence-corrected chi connectivity index (χ0v) is 11.1. The monoisotopic (exact) mass is 243 g/mol. The van der Waals surface area contributed by atoms with Crippen LogP contribution in [0.1, 0.15) is 11.1 Å². The minimum absolute atomic E-state index is 0.990. The van der Waals surface area contributed by atoms with E-state index < -0.39 is 0 Å². The largest absolute Gasteiger partial charge is 0.388 e. The van der Waals surface area contributed by atoms with Gasteiger partial charge >= 0.3 is 0 Å². The number of thioether (sulfide) groups is 1. The highest BCUT2D eigenvalue weighted by Gasteiger charge is 1.98. The molecule has 0 radical (unpaired) electrons. The highest BCUT2D eigenvalue weighted by atomic mass is 32.2.